The van der Waals surface area contributed by atoms with Gasteiger partial charge in [-0.25, -0.2) is 0 Å². The van der Waals surface area contributed by atoms with Gasteiger partial charge in [-0.1, -0.05) is 20.3 Å². The molecule has 0 aromatic rings. The molecule has 0 bridgehead atoms. The van der Waals surface area contributed by atoms with Crippen LogP contribution >= 0.6 is 0 Å². The molecular weight excluding hydrogens is 174 g/mol. The van der Waals surface area contributed by atoms with Crippen LogP contribution in [0.3, 0.4) is 0 Å². The van der Waals surface area contributed by atoms with E-state index in [1.165, 1.54) is 19.4 Å². The Bertz CT molecular complexity index is 168. The van der Waals surface area contributed by atoms with Crippen LogP contribution in [0, 0.1) is 5.92 Å². The first-order valence-electron chi connectivity index (χ1n) is 5.98. The summed E-state index contributed by atoms with van der Waals surface area (Å²) in [5.41, 5.74) is -0.440. The Morgan fingerprint density at radius 2 is 2.21 bits per heavy atom. The van der Waals surface area contributed by atoms with Gasteiger partial charge in [-0.2, -0.15) is 0 Å². The van der Waals surface area contributed by atoms with Crippen molar-refractivity contribution < 1.29 is 5.11 Å². The summed E-state index contributed by atoms with van der Waals surface area (Å²) in [6, 6.07) is 0. The van der Waals surface area contributed by atoms with Gasteiger partial charge < -0.3 is 10.0 Å². The van der Waals surface area contributed by atoms with E-state index in [4.69, 9.17) is 0 Å². The maximum absolute atomic E-state index is 9.95. The standard InChI is InChI=1S/C12H25NO/c1-4-6-11(2)9-13-8-5-7-12(3,14)10-13/h11,14H,4-10H2,1-3H3. The molecule has 0 aromatic heterocycles. The van der Waals surface area contributed by atoms with Gasteiger partial charge in [0.2, 0.25) is 0 Å². The average Bonchev–Trinajstić information content (AvgIpc) is 2.02. The normalized spacial score (nSPS) is 31.7. The average molecular weight is 199 g/mol. The summed E-state index contributed by atoms with van der Waals surface area (Å²) in [5.74, 6) is 0.772. The van der Waals surface area contributed by atoms with E-state index in [2.05, 4.69) is 18.7 Å². The van der Waals surface area contributed by atoms with Gasteiger partial charge in [0.1, 0.15) is 0 Å². The van der Waals surface area contributed by atoms with Crippen molar-refractivity contribution in [2.75, 3.05) is 19.6 Å². The number of hydrogen-bond acceptors (Lipinski definition) is 2. The van der Waals surface area contributed by atoms with Crippen LogP contribution in [0.15, 0.2) is 0 Å². The molecule has 1 fully saturated rings. The molecule has 1 saturated heterocycles. The van der Waals surface area contributed by atoms with Gasteiger partial charge in [-0.15, -0.1) is 0 Å². The number of rotatable bonds is 4. The zero-order valence-corrected chi connectivity index (χ0v) is 9.92. The van der Waals surface area contributed by atoms with Gasteiger partial charge in [0.25, 0.3) is 0 Å². The van der Waals surface area contributed by atoms with Crippen molar-refractivity contribution in [2.45, 2.75) is 52.1 Å². The van der Waals surface area contributed by atoms with Crippen LogP contribution in [-0.4, -0.2) is 35.2 Å². The van der Waals surface area contributed by atoms with E-state index >= 15 is 0 Å². The van der Waals surface area contributed by atoms with Crippen molar-refractivity contribution >= 4 is 0 Å². The molecule has 0 aliphatic carbocycles. The lowest BCUT2D eigenvalue weighted by atomic mass is 9.94. The number of hydrogen-bond donors (Lipinski definition) is 1. The Morgan fingerprint density at radius 1 is 1.50 bits per heavy atom. The minimum atomic E-state index is -0.440. The molecule has 84 valence electrons. The fourth-order valence-corrected chi connectivity index (χ4v) is 2.50. The smallest absolute Gasteiger partial charge is 0.0746 e. The Morgan fingerprint density at radius 3 is 2.79 bits per heavy atom. The molecule has 0 aromatic carbocycles. The summed E-state index contributed by atoms with van der Waals surface area (Å²) >= 11 is 0. The highest BCUT2D eigenvalue weighted by Gasteiger charge is 2.28. The Balaban J connectivity index is 2.30. The molecule has 1 N–H and O–H groups in total. The number of piperidine rings is 1. The minimum absolute atomic E-state index is 0.440. The maximum Gasteiger partial charge on any atom is 0.0746 e. The summed E-state index contributed by atoms with van der Waals surface area (Å²) < 4.78 is 0. The van der Waals surface area contributed by atoms with Crippen molar-refractivity contribution in [1.82, 2.24) is 4.90 Å². The Labute approximate surface area is 88.3 Å². The maximum atomic E-state index is 9.95. The lowest BCUT2D eigenvalue weighted by Crippen LogP contribution is -2.47. The molecule has 0 amide bonds. The van der Waals surface area contributed by atoms with Crippen LogP contribution in [0.2, 0.25) is 0 Å². The summed E-state index contributed by atoms with van der Waals surface area (Å²) in [6.45, 7) is 9.70. The van der Waals surface area contributed by atoms with Crippen LogP contribution in [0.4, 0.5) is 0 Å². The zero-order chi connectivity index (χ0) is 10.6. The Hall–Kier alpha value is -0.0800. The molecule has 0 saturated carbocycles. The number of β-amino-alcohol motifs (C(OH)–C–C–N with tert-alkyl or cyclic N) is 1. The van der Waals surface area contributed by atoms with Gasteiger partial charge in [-0.05, 0) is 38.6 Å². The SMILES string of the molecule is CCCC(C)CN1CCCC(C)(O)C1. The lowest BCUT2D eigenvalue weighted by molar-refractivity contribution is -0.0194. The van der Waals surface area contributed by atoms with Gasteiger partial charge in [0, 0.05) is 13.1 Å². The highest BCUT2D eigenvalue weighted by atomic mass is 16.3. The summed E-state index contributed by atoms with van der Waals surface area (Å²) in [5, 5.41) is 9.95. The molecule has 14 heavy (non-hydrogen) atoms. The van der Waals surface area contributed by atoms with Crippen LogP contribution in [0.25, 0.3) is 0 Å². The molecule has 1 rings (SSSR count). The first kappa shape index (κ1) is 12.0. The molecule has 1 aliphatic heterocycles. The van der Waals surface area contributed by atoms with Gasteiger partial charge in [-0.3, -0.25) is 0 Å². The molecule has 0 spiro atoms. The van der Waals surface area contributed by atoms with Crippen molar-refractivity contribution in [1.29, 1.82) is 0 Å². The first-order valence-corrected chi connectivity index (χ1v) is 5.98. The van der Waals surface area contributed by atoms with Crippen molar-refractivity contribution in [3.05, 3.63) is 0 Å². The largest absolute Gasteiger partial charge is 0.389 e. The fourth-order valence-electron chi connectivity index (χ4n) is 2.50. The minimum Gasteiger partial charge on any atom is -0.389 e. The molecule has 1 aliphatic rings. The molecule has 1 heterocycles. The van der Waals surface area contributed by atoms with E-state index in [0.29, 0.717) is 0 Å². The van der Waals surface area contributed by atoms with Crippen LogP contribution in [0.5, 0.6) is 0 Å². The predicted molar refractivity (Wildman–Crippen MR) is 60.4 cm³/mol. The number of nitrogens with zero attached hydrogens (tertiary/aromatic N) is 1. The lowest BCUT2D eigenvalue weighted by Gasteiger charge is -2.38. The second-order valence-electron chi connectivity index (χ2n) is 5.23. The second-order valence-corrected chi connectivity index (χ2v) is 5.23. The van der Waals surface area contributed by atoms with Gasteiger partial charge in [0.05, 0.1) is 5.60 Å². The summed E-state index contributed by atoms with van der Waals surface area (Å²) in [4.78, 5) is 2.42. The summed E-state index contributed by atoms with van der Waals surface area (Å²) in [7, 11) is 0. The topological polar surface area (TPSA) is 23.5 Å². The zero-order valence-electron chi connectivity index (χ0n) is 9.92. The molecule has 2 unspecified atom stereocenters. The van der Waals surface area contributed by atoms with Crippen LogP contribution < -0.4 is 0 Å². The van der Waals surface area contributed by atoms with Crippen LogP contribution in [0.1, 0.15) is 46.5 Å². The van der Waals surface area contributed by atoms with E-state index < -0.39 is 5.60 Å². The van der Waals surface area contributed by atoms with E-state index in [1.807, 2.05) is 6.92 Å². The highest BCUT2D eigenvalue weighted by molar-refractivity contribution is 4.83. The van der Waals surface area contributed by atoms with Crippen molar-refractivity contribution in [2.24, 2.45) is 5.92 Å². The fraction of sp³-hybridized carbons (Fsp3) is 1.00. The molecule has 2 nitrogen and oxygen atoms in total. The van der Waals surface area contributed by atoms with E-state index in [0.717, 1.165) is 31.8 Å². The van der Waals surface area contributed by atoms with Gasteiger partial charge >= 0.3 is 0 Å². The Kier molecular flexibility index (Phi) is 4.39. The molecule has 0 radical (unpaired) electrons. The highest BCUT2D eigenvalue weighted by Crippen LogP contribution is 2.21. The van der Waals surface area contributed by atoms with E-state index in [9.17, 15) is 5.11 Å². The monoisotopic (exact) mass is 199 g/mol. The van der Waals surface area contributed by atoms with Crippen molar-refractivity contribution in [3.63, 3.8) is 0 Å². The third kappa shape index (κ3) is 3.97. The second kappa shape index (κ2) is 5.13. The molecule has 2 heteroatoms. The predicted octanol–water partition coefficient (Wildman–Crippen LogP) is 2.27. The number of aliphatic hydroxyl groups is 1. The van der Waals surface area contributed by atoms with Gasteiger partial charge in [0.15, 0.2) is 0 Å². The third-order valence-electron chi connectivity index (χ3n) is 3.11. The first-order chi connectivity index (χ1) is 6.53. The van der Waals surface area contributed by atoms with E-state index in [1.54, 1.807) is 0 Å². The quantitative estimate of drug-likeness (QED) is 0.751. The molecular formula is C12H25NO. The van der Waals surface area contributed by atoms with Crippen LogP contribution in [-0.2, 0) is 0 Å². The summed E-state index contributed by atoms with van der Waals surface area (Å²) in [6.07, 6.45) is 4.68. The third-order valence-corrected chi connectivity index (χ3v) is 3.11. The molecule has 2 atom stereocenters. The number of likely N-dealkylation sites (tertiary alicyclic amines) is 1. The van der Waals surface area contributed by atoms with Crippen molar-refractivity contribution in [3.8, 4) is 0 Å². The van der Waals surface area contributed by atoms with E-state index in [-0.39, 0.29) is 0 Å².